The van der Waals surface area contributed by atoms with E-state index in [1.54, 1.807) is 55.8 Å². The van der Waals surface area contributed by atoms with Crippen LogP contribution >= 0.6 is 0 Å². The summed E-state index contributed by atoms with van der Waals surface area (Å²) in [6, 6.07) is 16.5. The number of fused-ring (bicyclic) bond motifs is 3. The van der Waals surface area contributed by atoms with Crippen LogP contribution in [0.4, 0.5) is 0 Å². The lowest BCUT2D eigenvalue weighted by Crippen LogP contribution is -2.29. The van der Waals surface area contributed by atoms with Gasteiger partial charge in [0.05, 0.1) is 46.4 Å². The number of rotatable bonds is 4. The molecular weight excluding hydrogens is 444 g/mol. The summed E-state index contributed by atoms with van der Waals surface area (Å²) in [5.41, 5.74) is 2.14. The van der Waals surface area contributed by atoms with Gasteiger partial charge in [-0.3, -0.25) is 19.3 Å². The SMILES string of the molecule is COc1ccc(-c2ccc3ncc4c(=O)[nH]c(=O)n(-c5ccc(C(C)(C)C#N)cc5)c4c3n2)cn1. The molecule has 5 aromatic rings. The number of nitrogens with one attached hydrogen (secondary N) is 1. The molecular formula is C26H20N6O3. The van der Waals surface area contributed by atoms with Crippen LogP contribution in [0, 0.1) is 11.3 Å². The van der Waals surface area contributed by atoms with Crippen LogP contribution in [0.3, 0.4) is 0 Å². The highest BCUT2D eigenvalue weighted by molar-refractivity contribution is 6.01. The molecule has 0 spiro atoms. The lowest BCUT2D eigenvalue weighted by molar-refractivity contribution is 0.398. The number of pyridine rings is 3. The Morgan fingerprint density at radius 2 is 1.77 bits per heavy atom. The van der Waals surface area contributed by atoms with E-state index in [-0.39, 0.29) is 5.39 Å². The van der Waals surface area contributed by atoms with Crippen LogP contribution in [0.15, 0.2) is 70.5 Å². The standard InChI is InChI=1S/C26H20N6O3/c1-26(2,14-27)16-5-7-17(8-6-16)32-23-18(24(33)31-25(32)34)13-28-20-10-9-19(30-22(20)23)15-4-11-21(35-3)29-12-15/h4-13H,1-3H3,(H,31,33,34). The maximum Gasteiger partial charge on any atom is 0.333 e. The Morgan fingerprint density at radius 1 is 1.00 bits per heavy atom. The number of H-pyrrole nitrogens is 1. The Labute approximate surface area is 199 Å². The van der Waals surface area contributed by atoms with Crippen LogP contribution in [0.2, 0.25) is 0 Å². The lowest BCUT2D eigenvalue weighted by atomic mass is 9.86. The number of benzene rings is 1. The molecule has 0 unspecified atom stereocenters. The minimum Gasteiger partial charge on any atom is -0.481 e. The van der Waals surface area contributed by atoms with Gasteiger partial charge in [-0.25, -0.2) is 14.8 Å². The number of aromatic amines is 1. The third-order valence-corrected chi connectivity index (χ3v) is 5.95. The van der Waals surface area contributed by atoms with E-state index in [9.17, 15) is 14.9 Å². The molecule has 5 rings (SSSR count). The summed E-state index contributed by atoms with van der Waals surface area (Å²) in [5, 5.41) is 9.68. The molecule has 4 heterocycles. The number of methoxy groups -OCH3 is 1. The molecule has 0 atom stereocenters. The highest BCUT2D eigenvalue weighted by Gasteiger charge is 2.20. The number of ether oxygens (including phenoxy) is 1. The van der Waals surface area contributed by atoms with Crippen LogP contribution in [0.1, 0.15) is 19.4 Å². The second-order valence-electron chi connectivity index (χ2n) is 8.55. The van der Waals surface area contributed by atoms with Crippen LogP contribution in [-0.2, 0) is 5.41 Å². The Morgan fingerprint density at radius 3 is 2.43 bits per heavy atom. The molecule has 35 heavy (non-hydrogen) atoms. The van der Waals surface area contributed by atoms with Crippen LogP contribution in [0.25, 0.3) is 38.9 Å². The van der Waals surface area contributed by atoms with Gasteiger partial charge in [-0.15, -0.1) is 0 Å². The van der Waals surface area contributed by atoms with Gasteiger partial charge in [-0.2, -0.15) is 5.26 Å². The second-order valence-corrected chi connectivity index (χ2v) is 8.55. The van der Waals surface area contributed by atoms with Crippen molar-refractivity contribution in [3.8, 4) is 28.9 Å². The van der Waals surface area contributed by atoms with Crippen molar-refractivity contribution in [3.63, 3.8) is 0 Å². The first-order valence-electron chi connectivity index (χ1n) is 10.8. The van der Waals surface area contributed by atoms with E-state index < -0.39 is 16.7 Å². The summed E-state index contributed by atoms with van der Waals surface area (Å²) in [7, 11) is 1.54. The van der Waals surface area contributed by atoms with E-state index in [1.807, 2.05) is 19.9 Å². The molecule has 172 valence electrons. The molecule has 0 saturated carbocycles. The molecule has 9 nitrogen and oxygen atoms in total. The van der Waals surface area contributed by atoms with E-state index in [2.05, 4.69) is 21.0 Å². The number of hydrogen-bond acceptors (Lipinski definition) is 7. The minimum absolute atomic E-state index is 0.232. The second kappa shape index (κ2) is 8.18. The molecule has 0 aliphatic carbocycles. The number of nitrogens with zero attached hydrogens (tertiary/aromatic N) is 5. The van der Waals surface area contributed by atoms with Crippen molar-refractivity contribution in [2.75, 3.05) is 7.11 Å². The fraction of sp³-hybridized carbons (Fsp3) is 0.154. The summed E-state index contributed by atoms with van der Waals surface area (Å²) in [6.07, 6.45) is 3.08. The van der Waals surface area contributed by atoms with Gasteiger partial charge in [0.15, 0.2) is 0 Å². The zero-order valence-corrected chi connectivity index (χ0v) is 19.2. The fourth-order valence-corrected chi connectivity index (χ4v) is 3.92. The summed E-state index contributed by atoms with van der Waals surface area (Å²) in [6.45, 7) is 3.64. The lowest BCUT2D eigenvalue weighted by Gasteiger charge is -2.17. The predicted octanol–water partition coefficient (Wildman–Crippen LogP) is 3.49. The molecule has 0 bridgehead atoms. The Hall–Kier alpha value is -4.84. The van der Waals surface area contributed by atoms with Crippen molar-refractivity contribution in [3.05, 3.63) is 87.3 Å². The predicted molar refractivity (Wildman–Crippen MR) is 132 cm³/mol. The Bertz CT molecular complexity index is 1740. The summed E-state index contributed by atoms with van der Waals surface area (Å²) >= 11 is 0. The molecule has 1 aromatic carbocycles. The van der Waals surface area contributed by atoms with Crippen LogP contribution in [0.5, 0.6) is 5.88 Å². The van der Waals surface area contributed by atoms with Gasteiger partial charge in [0.25, 0.3) is 5.56 Å². The first-order valence-corrected chi connectivity index (χ1v) is 10.8. The average molecular weight is 464 g/mol. The summed E-state index contributed by atoms with van der Waals surface area (Å²) in [5.74, 6) is 0.477. The smallest absolute Gasteiger partial charge is 0.333 e. The van der Waals surface area contributed by atoms with E-state index >= 15 is 0 Å². The molecule has 9 heteroatoms. The third kappa shape index (κ3) is 3.71. The van der Waals surface area contributed by atoms with Crippen molar-refractivity contribution in [2.24, 2.45) is 0 Å². The maximum absolute atomic E-state index is 13.0. The first-order chi connectivity index (χ1) is 16.8. The van der Waals surface area contributed by atoms with Gasteiger partial charge in [0, 0.05) is 24.0 Å². The average Bonchev–Trinajstić information content (AvgIpc) is 2.88. The van der Waals surface area contributed by atoms with Gasteiger partial charge in [0.2, 0.25) is 5.88 Å². The molecule has 0 radical (unpaired) electrons. The molecule has 4 aromatic heterocycles. The van der Waals surface area contributed by atoms with Crippen molar-refractivity contribution in [1.29, 1.82) is 5.26 Å². The number of nitriles is 1. The van der Waals surface area contributed by atoms with Crippen LogP contribution < -0.4 is 16.0 Å². The molecule has 0 aliphatic rings. The van der Waals surface area contributed by atoms with Gasteiger partial charge in [0.1, 0.15) is 5.52 Å². The van der Waals surface area contributed by atoms with E-state index in [1.165, 1.54) is 10.8 Å². The van der Waals surface area contributed by atoms with E-state index in [0.717, 1.165) is 11.1 Å². The monoisotopic (exact) mass is 464 g/mol. The maximum atomic E-state index is 13.0. The normalized spacial score (nSPS) is 11.5. The number of aromatic nitrogens is 5. The molecule has 1 N–H and O–H groups in total. The van der Waals surface area contributed by atoms with Crippen molar-refractivity contribution in [2.45, 2.75) is 19.3 Å². The largest absolute Gasteiger partial charge is 0.481 e. The van der Waals surface area contributed by atoms with Gasteiger partial charge in [-0.1, -0.05) is 12.1 Å². The molecule has 0 fully saturated rings. The zero-order valence-electron chi connectivity index (χ0n) is 19.2. The topological polar surface area (TPSA) is 127 Å². The van der Waals surface area contributed by atoms with Crippen molar-refractivity contribution >= 4 is 21.9 Å². The van der Waals surface area contributed by atoms with Gasteiger partial charge >= 0.3 is 5.69 Å². The van der Waals surface area contributed by atoms with E-state index in [4.69, 9.17) is 9.72 Å². The molecule has 0 saturated heterocycles. The van der Waals surface area contributed by atoms with Crippen LogP contribution in [-0.4, -0.2) is 31.6 Å². The molecule has 0 amide bonds. The van der Waals surface area contributed by atoms with Gasteiger partial charge < -0.3 is 4.74 Å². The Kier molecular flexibility index (Phi) is 5.14. The van der Waals surface area contributed by atoms with Gasteiger partial charge in [-0.05, 0) is 49.7 Å². The highest BCUT2D eigenvalue weighted by Crippen LogP contribution is 2.27. The fourth-order valence-electron chi connectivity index (χ4n) is 3.92. The summed E-state index contributed by atoms with van der Waals surface area (Å²) in [4.78, 5) is 41.5. The van der Waals surface area contributed by atoms with Crippen molar-refractivity contribution in [1.82, 2.24) is 24.5 Å². The minimum atomic E-state index is -0.684. The Balaban J connectivity index is 1.79. The number of hydrogen-bond donors (Lipinski definition) is 1. The quantitative estimate of drug-likeness (QED) is 0.403. The van der Waals surface area contributed by atoms with E-state index in [0.29, 0.717) is 33.8 Å². The summed E-state index contributed by atoms with van der Waals surface area (Å²) < 4.78 is 6.53. The molecule has 0 aliphatic heterocycles. The first kappa shape index (κ1) is 22.0. The zero-order chi connectivity index (χ0) is 24.7. The highest BCUT2D eigenvalue weighted by atomic mass is 16.5. The van der Waals surface area contributed by atoms with Crippen molar-refractivity contribution < 1.29 is 4.74 Å². The third-order valence-electron chi connectivity index (χ3n) is 5.95.